The van der Waals surface area contributed by atoms with Crippen molar-refractivity contribution in [3.63, 3.8) is 0 Å². The van der Waals surface area contributed by atoms with E-state index in [1.54, 1.807) is 11.8 Å². The number of para-hydroxylation sites is 1. The van der Waals surface area contributed by atoms with E-state index < -0.39 is 6.10 Å². The molecule has 2 heterocycles. The van der Waals surface area contributed by atoms with Crippen molar-refractivity contribution in [3.05, 3.63) is 65.5 Å². The quantitative estimate of drug-likeness (QED) is 0.626. The van der Waals surface area contributed by atoms with Gasteiger partial charge in [-0.3, -0.25) is 4.79 Å². The van der Waals surface area contributed by atoms with Crippen LogP contribution in [-0.2, 0) is 6.42 Å². The number of amides is 1. The second-order valence-corrected chi connectivity index (χ2v) is 8.33. The Balaban J connectivity index is 1.63. The third-order valence-electron chi connectivity index (χ3n) is 5.48. The molecule has 6 heteroatoms. The standard InChI is InChI=1S/C23H25N3O2S/c1-29-22-11-10-15(14-24-22)12-16-13-20(25-18-7-3-2-6-17(16)18)23(28)26-19-8-4-5-9-21(19)27/h2-3,6-7,10-11,13-14,19,21,27H,4-5,8-9,12H2,1H3,(H,26,28)/t19-,21-/m0/s1. The zero-order chi connectivity index (χ0) is 20.2. The maximum atomic E-state index is 12.9. The van der Waals surface area contributed by atoms with E-state index in [1.165, 1.54) is 0 Å². The predicted octanol–water partition coefficient (Wildman–Crippen LogP) is 3.98. The predicted molar refractivity (Wildman–Crippen MR) is 116 cm³/mol. The van der Waals surface area contributed by atoms with Crippen LogP contribution in [0.3, 0.4) is 0 Å². The summed E-state index contributed by atoms with van der Waals surface area (Å²) in [5, 5.41) is 15.2. The summed E-state index contributed by atoms with van der Waals surface area (Å²) in [5.41, 5.74) is 3.33. The highest BCUT2D eigenvalue weighted by Crippen LogP contribution is 2.23. The lowest BCUT2D eigenvalue weighted by molar-refractivity contribution is 0.0714. The highest BCUT2D eigenvalue weighted by atomic mass is 32.2. The summed E-state index contributed by atoms with van der Waals surface area (Å²) in [6.45, 7) is 0. The minimum atomic E-state index is -0.478. The molecule has 1 aromatic carbocycles. The van der Waals surface area contributed by atoms with Gasteiger partial charge in [0.25, 0.3) is 5.91 Å². The van der Waals surface area contributed by atoms with Gasteiger partial charge in [0.2, 0.25) is 0 Å². The molecule has 3 aromatic rings. The Morgan fingerprint density at radius 3 is 2.79 bits per heavy atom. The van der Waals surface area contributed by atoms with Gasteiger partial charge < -0.3 is 10.4 Å². The lowest BCUT2D eigenvalue weighted by atomic mass is 9.92. The first-order valence-corrected chi connectivity index (χ1v) is 11.2. The summed E-state index contributed by atoms with van der Waals surface area (Å²) in [6, 6.07) is 13.6. The second kappa shape index (κ2) is 8.93. The summed E-state index contributed by atoms with van der Waals surface area (Å²) in [5.74, 6) is -0.223. The highest BCUT2D eigenvalue weighted by Gasteiger charge is 2.25. The molecule has 0 spiro atoms. The summed E-state index contributed by atoms with van der Waals surface area (Å²) < 4.78 is 0. The van der Waals surface area contributed by atoms with E-state index in [-0.39, 0.29) is 11.9 Å². The third-order valence-corrected chi connectivity index (χ3v) is 6.14. The number of fused-ring (bicyclic) bond motifs is 1. The number of nitrogens with one attached hydrogen (secondary N) is 1. The fourth-order valence-electron chi connectivity index (χ4n) is 3.89. The van der Waals surface area contributed by atoms with E-state index in [0.29, 0.717) is 12.1 Å². The number of carbonyl (C=O) groups is 1. The number of pyridine rings is 2. The van der Waals surface area contributed by atoms with Crippen LogP contribution in [0.1, 0.15) is 47.3 Å². The molecule has 0 aliphatic heterocycles. The van der Waals surface area contributed by atoms with Gasteiger partial charge in [-0.05, 0) is 54.8 Å². The van der Waals surface area contributed by atoms with Crippen LogP contribution in [0.5, 0.6) is 0 Å². The molecule has 1 aliphatic carbocycles. The number of thioether (sulfide) groups is 1. The fraction of sp³-hybridized carbons (Fsp3) is 0.348. The molecular formula is C23H25N3O2S. The Kier molecular flexibility index (Phi) is 6.11. The monoisotopic (exact) mass is 407 g/mol. The van der Waals surface area contributed by atoms with Gasteiger partial charge >= 0.3 is 0 Å². The van der Waals surface area contributed by atoms with E-state index in [0.717, 1.165) is 52.7 Å². The third kappa shape index (κ3) is 4.60. The number of hydrogen-bond acceptors (Lipinski definition) is 5. The van der Waals surface area contributed by atoms with Crippen LogP contribution < -0.4 is 5.32 Å². The molecule has 0 saturated heterocycles. The van der Waals surface area contributed by atoms with Gasteiger partial charge in [-0.25, -0.2) is 9.97 Å². The molecule has 29 heavy (non-hydrogen) atoms. The molecule has 4 rings (SSSR count). The maximum Gasteiger partial charge on any atom is 0.270 e. The number of nitrogens with zero attached hydrogens (tertiary/aromatic N) is 2. The van der Waals surface area contributed by atoms with E-state index >= 15 is 0 Å². The number of carbonyl (C=O) groups excluding carboxylic acids is 1. The van der Waals surface area contributed by atoms with Crippen molar-refractivity contribution in [2.75, 3.05) is 6.26 Å². The summed E-state index contributed by atoms with van der Waals surface area (Å²) >= 11 is 1.61. The normalized spacial score (nSPS) is 19.2. The SMILES string of the molecule is CSc1ccc(Cc2cc(C(=O)N[C@H]3CCCC[C@@H]3O)nc3ccccc23)cn1. The fourth-order valence-corrected chi connectivity index (χ4v) is 4.25. The number of aliphatic hydroxyl groups excluding tert-OH is 1. The zero-order valence-electron chi connectivity index (χ0n) is 16.5. The molecule has 2 N–H and O–H groups in total. The highest BCUT2D eigenvalue weighted by molar-refractivity contribution is 7.98. The van der Waals surface area contributed by atoms with E-state index in [9.17, 15) is 9.90 Å². The molecule has 1 saturated carbocycles. The lowest BCUT2D eigenvalue weighted by Crippen LogP contribution is -2.45. The molecule has 0 unspecified atom stereocenters. The average Bonchev–Trinajstić information content (AvgIpc) is 2.76. The van der Waals surface area contributed by atoms with E-state index in [4.69, 9.17) is 0 Å². The Bertz CT molecular complexity index is 1010. The lowest BCUT2D eigenvalue weighted by Gasteiger charge is -2.28. The van der Waals surface area contributed by atoms with Gasteiger partial charge in [-0.15, -0.1) is 11.8 Å². The minimum absolute atomic E-state index is 0.198. The molecule has 0 bridgehead atoms. The first kappa shape index (κ1) is 19.9. The van der Waals surface area contributed by atoms with Crippen molar-refractivity contribution >= 4 is 28.6 Å². The Morgan fingerprint density at radius 1 is 1.21 bits per heavy atom. The number of aromatic nitrogens is 2. The van der Waals surface area contributed by atoms with Crippen molar-refractivity contribution in [1.29, 1.82) is 0 Å². The number of hydrogen-bond donors (Lipinski definition) is 2. The van der Waals surface area contributed by atoms with Crippen LogP contribution in [-0.4, -0.2) is 39.4 Å². The zero-order valence-corrected chi connectivity index (χ0v) is 17.3. The largest absolute Gasteiger partial charge is 0.391 e. The van der Waals surface area contributed by atoms with Crippen LogP contribution in [0.25, 0.3) is 10.9 Å². The Hall–Kier alpha value is -2.44. The van der Waals surface area contributed by atoms with Crippen LogP contribution in [0.4, 0.5) is 0 Å². The number of benzene rings is 1. The first-order valence-electron chi connectivity index (χ1n) is 10.0. The molecule has 1 fully saturated rings. The molecule has 2 aromatic heterocycles. The topological polar surface area (TPSA) is 75.1 Å². The van der Waals surface area contributed by atoms with Crippen molar-refractivity contribution < 1.29 is 9.90 Å². The molecule has 2 atom stereocenters. The van der Waals surface area contributed by atoms with Gasteiger partial charge in [-0.2, -0.15) is 0 Å². The Labute approximate surface area is 175 Å². The van der Waals surface area contributed by atoms with E-state index in [2.05, 4.69) is 21.4 Å². The van der Waals surface area contributed by atoms with Crippen LogP contribution >= 0.6 is 11.8 Å². The molecule has 1 amide bonds. The van der Waals surface area contributed by atoms with Crippen molar-refractivity contribution in [3.8, 4) is 0 Å². The number of rotatable bonds is 5. The van der Waals surface area contributed by atoms with Gasteiger partial charge in [-0.1, -0.05) is 37.1 Å². The summed E-state index contributed by atoms with van der Waals surface area (Å²) in [6.07, 6.45) is 7.67. The van der Waals surface area contributed by atoms with Gasteiger partial charge in [0.05, 0.1) is 22.7 Å². The molecular weight excluding hydrogens is 382 g/mol. The summed E-state index contributed by atoms with van der Waals surface area (Å²) in [4.78, 5) is 21.9. The smallest absolute Gasteiger partial charge is 0.270 e. The number of aliphatic hydroxyl groups is 1. The molecule has 5 nitrogen and oxygen atoms in total. The van der Waals surface area contributed by atoms with Gasteiger partial charge in [0, 0.05) is 11.6 Å². The first-order chi connectivity index (χ1) is 14.1. The van der Waals surface area contributed by atoms with Crippen molar-refractivity contribution in [1.82, 2.24) is 15.3 Å². The second-order valence-electron chi connectivity index (χ2n) is 7.50. The summed E-state index contributed by atoms with van der Waals surface area (Å²) in [7, 11) is 0. The van der Waals surface area contributed by atoms with Crippen molar-refractivity contribution in [2.45, 2.75) is 49.3 Å². The van der Waals surface area contributed by atoms with E-state index in [1.807, 2.05) is 48.9 Å². The van der Waals surface area contributed by atoms with Crippen molar-refractivity contribution in [2.24, 2.45) is 0 Å². The van der Waals surface area contributed by atoms with Gasteiger partial charge in [0.1, 0.15) is 5.69 Å². The minimum Gasteiger partial charge on any atom is -0.391 e. The molecule has 150 valence electrons. The molecule has 1 aliphatic rings. The van der Waals surface area contributed by atoms with Crippen LogP contribution in [0.2, 0.25) is 0 Å². The average molecular weight is 408 g/mol. The Morgan fingerprint density at radius 2 is 2.03 bits per heavy atom. The van der Waals surface area contributed by atoms with Crippen LogP contribution in [0.15, 0.2) is 53.7 Å². The molecule has 0 radical (unpaired) electrons. The van der Waals surface area contributed by atoms with Gasteiger partial charge in [0.15, 0.2) is 0 Å². The van der Waals surface area contributed by atoms with Crippen LogP contribution in [0, 0.1) is 0 Å². The maximum absolute atomic E-state index is 12.9.